The highest BCUT2D eigenvalue weighted by Crippen LogP contribution is 2.29. The van der Waals surface area contributed by atoms with Crippen LogP contribution in [0.2, 0.25) is 0 Å². The SMILES string of the molecule is O=C(NCc1ccc2[nH]c3c(c2c1)CCCC3)c1ccccc1I. The quantitative estimate of drug-likeness (QED) is 0.587. The second-order valence-electron chi connectivity index (χ2n) is 6.33. The van der Waals surface area contributed by atoms with Crippen molar-refractivity contribution in [1.82, 2.24) is 10.3 Å². The molecule has 0 fully saturated rings. The Morgan fingerprint density at radius 1 is 1.12 bits per heavy atom. The molecule has 2 N–H and O–H groups in total. The molecule has 1 aliphatic rings. The van der Waals surface area contributed by atoms with Crippen LogP contribution in [0, 0.1) is 3.57 Å². The molecule has 0 atom stereocenters. The standard InChI is InChI=1S/C20H19IN2O/c21-17-7-3-1-6-15(17)20(24)22-12-13-9-10-19-16(11-13)14-5-2-4-8-18(14)23-19/h1,3,6-7,9-11,23H,2,4-5,8,12H2,(H,22,24). The number of amides is 1. The number of aromatic amines is 1. The lowest BCUT2D eigenvalue weighted by Gasteiger charge is -2.11. The third-order valence-corrected chi connectivity index (χ3v) is 5.67. The van der Waals surface area contributed by atoms with Crippen LogP contribution in [0.3, 0.4) is 0 Å². The van der Waals surface area contributed by atoms with Crippen LogP contribution in [-0.4, -0.2) is 10.9 Å². The van der Waals surface area contributed by atoms with Crippen molar-refractivity contribution in [2.24, 2.45) is 0 Å². The fourth-order valence-electron chi connectivity index (χ4n) is 3.49. The number of halogens is 1. The van der Waals surface area contributed by atoms with E-state index in [9.17, 15) is 4.79 Å². The average molecular weight is 430 g/mol. The van der Waals surface area contributed by atoms with Crippen LogP contribution in [0.5, 0.6) is 0 Å². The van der Waals surface area contributed by atoms with E-state index in [0.29, 0.717) is 6.54 Å². The molecule has 0 bridgehead atoms. The summed E-state index contributed by atoms with van der Waals surface area (Å²) in [6.07, 6.45) is 4.86. The van der Waals surface area contributed by atoms with Gasteiger partial charge >= 0.3 is 0 Å². The summed E-state index contributed by atoms with van der Waals surface area (Å²) in [5.74, 6) is -0.0174. The van der Waals surface area contributed by atoms with Gasteiger partial charge in [0.25, 0.3) is 5.91 Å². The van der Waals surface area contributed by atoms with Gasteiger partial charge in [0.05, 0.1) is 5.56 Å². The van der Waals surface area contributed by atoms with Gasteiger partial charge in [0.2, 0.25) is 0 Å². The zero-order valence-electron chi connectivity index (χ0n) is 13.4. The number of hydrogen-bond donors (Lipinski definition) is 2. The first-order valence-corrected chi connectivity index (χ1v) is 9.45. The van der Waals surface area contributed by atoms with E-state index in [1.807, 2.05) is 24.3 Å². The summed E-state index contributed by atoms with van der Waals surface area (Å²) in [6, 6.07) is 14.1. The van der Waals surface area contributed by atoms with Crippen LogP contribution >= 0.6 is 22.6 Å². The van der Waals surface area contributed by atoms with Crippen molar-refractivity contribution in [2.45, 2.75) is 32.2 Å². The molecule has 4 rings (SSSR count). The molecule has 0 radical (unpaired) electrons. The van der Waals surface area contributed by atoms with Gasteiger partial charge in [0.15, 0.2) is 0 Å². The predicted octanol–water partition coefficient (Wildman–Crippen LogP) is 4.58. The van der Waals surface area contributed by atoms with Crippen molar-refractivity contribution in [2.75, 3.05) is 0 Å². The summed E-state index contributed by atoms with van der Waals surface area (Å²) in [7, 11) is 0. The Kier molecular flexibility index (Phi) is 4.31. The van der Waals surface area contributed by atoms with Crippen LogP contribution in [0.15, 0.2) is 42.5 Å². The molecule has 24 heavy (non-hydrogen) atoms. The van der Waals surface area contributed by atoms with Gasteiger partial charge in [0.1, 0.15) is 0 Å². The third-order valence-electron chi connectivity index (χ3n) is 4.73. The second kappa shape index (κ2) is 6.59. The molecule has 4 heteroatoms. The maximum atomic E-state index is 12.4. The van der Waals surface area contributed by atoms with Gasteiger partial charge in [-0.15, -0.1) is 0 Å². The van der Waals surface area contributed by atoms with Gasteiger partial charge in [-0.25, -0.2) is 0 Å². The Morgan fingerprint density at radius 3 is 2.83 bits per heavy atom. The topological polar surface area (TPSA) is 44.9 Å². The Morgan fingerprint density at radius 2 is 1.96 bits per heavy atom. The molecule has 0 aliphatic heterocycles. The zero-order valence-corrected chi connectivity index (χ0v) is 15.5. The van der Waals surface area contributed by atoms with Crippen molar-refractivity contribution >= 4 is 39.4 Å². The smallest absolute Gasteiger partial charge is 0.252 e. The zero-order chi connectivity index (χ0) is 16.5. The van der Waals surface area contributed by atoms with E-state index in [1.165, 1.54) is 35.0 Å². The summed E-state index contributed by atoms with van der Waals surface area (Å²) in [5.41, 5.74) is 5.97. The predicted molar refractivity (Wildman–Crippen MR) is 105 cm³/mol. The van der Waals surface area contributed by atoms with Crippen LogP contribution < -0.4 is 5.32 Å². The highest BCUT2D eigenvalue weighted by atomic mass is 127. The Hall–Kier alpha value is -1.82. The Labute approximate surface area is 155 Å². The summed E-state index contributed by atoms with van der Waals surface area (Å²) in [5, 5.41) is 4.36. The van der Waals surface area contributed by atoms with Gasteiger partial charge < -0.3 is 10.3 Å². The van der Waals surface area contributed by atoms with Crippen molar-refractivity contribution in [3.8, 4) is 0 Å². The van der Waals surface area contributed by atoms with Gasteiger partial charge in [-0.05, 0) is 83.7 Å². The van der Waals surface area contributed by atoms with E-state index in [4.69, 9.17) is 0 Å². The van der Waals surface area contributed by atoms with Crippen molar-refractivity contribution in [3.63, 3.8) is 0 Å². The van der Waals surface area contributed by atoms with Crippen LogP contribution in [0.25, 0.3) is 10.9 Å². The van der Waals surface area contributed by atoms with Crippen LogP contribution in [-0.2, 0) is 19.4 Å². The monoisotopic (exact) mass is 430 g/mol. The summed E-state index contributed by atoms with van der Waals surface area (Å²) < 4.78 is 0.975. The average Bonchev–Trinajstić information content (AvgIpc) is 2.98. The molecule has 1 aliphatic carbocycles. The minimum Gasteiger partial charge on any atom is -0.358 e. The lowest BCUT2D eigenvalue weighted by Crippen LogP contribution is -2.23. The fourth-order valence-corrected chi connectivity index (χ4v) is 4.12. The molecule has 122 valence electrons. The molecule has 0 saturated heterocycles. The normalized spacial score (nSPS) is 13.7. The molecule has 1 heterocycles. The first-order valence-electron chi connectivity index (χ1n) is 8.37. The highest BCUT2D eigenvalue weighted by molar-refractivity contribution is 14.1. The third kappa shape index (κ3) is 2.95. The number of benzene rings is 2. The van der Waals surface area contributed by atoms with E-state index in [1.54, 1.807) is 0 Å². The van der Waals surface area contributed by atoms with Gasteiger partial charge in [0, 0.05) is 26.7 Å². The molecule has 0 saturated carbocycles. The lowest BCUT2D eigenvalue weighted by molar-refractivity contribution is 0.0950. The first-order chi connectivity index (χ1) is 11.7. The van der Waals surface area contributed by atoms with E-state index < -0.39 is 0 Å². The minimum absolute atomic E-state index is 0.0174. The fraction of sp³-hybridized carbons (Fsp3) is 0.250. The number of fused-ring (bicyclic) bond motifs is 3. The number of carbonyl (C=O) groups excluding carboxylic acids is 1. The Balaban J connectivity index is 1.55. The number of nitrogens with one attached hydrogen (secondary N) is 2. The molecule has 3 aromatic rings. The molecular weight excluding hydrogens is 411 g/mol. The van der Waals surface area contributed by atoms with E-state index in [0.717, 1.165) is 27.5 Å². The summed E-state index contributed by atoms with van der Waals surface area (Å²) in [6.45, 7) is 0.555. The number of rotatable bonds is 3. The van der Waals surface area contributed by atoms with Crippen molar-refractivity contribution in [1.29, 1.82) is 0 Å². The molecule has 2 aromatic carbocycles. The van der Waals surface area contributed by atoms with E-state index in [-0.39, 0.29) is 5.91 Å². The summed E-state index contributed by atoms with van der Waals surface area (Å²) >= 11 is 2.20. The molecule has 3 nitrogen and oxygen atoms in total. The number of aryl methyl sites for hydroxylation is 2. The maximum absolute atomic E-state index is 12.4. The molecule has 1 aromatic heterocycles. The number of carbonyl (C=O) groups is 1. The largest absolute Gasteiger partial charge is 0.358 e. The lowest BCUT2D eigenvalue weighted by atomic mass is 9.95. The highest BCUT2D eigenvalue weighted by Gasteiger charge is 2.15. The minimum atomic E-state index is -0.0174. The van der Waals surface area contributed by atoms with Crippen molar-refractivity contribution in [3.05, 3.63) is 68.4 Å². The second-order valence-corrected chi connectivity index (χ2v) is 7.49. The van der Waals surface area contributed by atoms with Gasteiger partial charge in [-0.2, -0.15) is 0 Å². The molecule has 1 amide bonds. The number of hydrogen-bond acceptors (Lipinski definition) is 1. The van der Waals surface area contributed by atoms with Gasteiger partial charge in [-0.1, -0.05) is 18.2 Å². The van der Waals surface area contributed by atoms with Crippen molar-refractivity contribution < 1.29 is 4.79 Å². The van der Waals surface area contributed by atoms with Gasteiger partial charge in [-0.3, -0.25) is 4.79 Å². The molecule has 0 spiro atoms. The van der Waals surface area contributed by atoms with E-state index >= 15 is 0 Å². The first kappa shape index (κ1) is 15.7. The van der Waals surface area contributed by atoms with E-state index in [2.05, 4.69) is 51.1 Å². The molecule has 0 unspecified atom stereocenters. The van der Waals surface area contributed by atoms with Crippen LogP contribution in [0.4, 0.5) is 0 Å². The Bertz CT molecular complexity index is 913. The number of H-pyrrole nitrogens is 1. The maximum Gasteiger partial charge on any atom is 0.252 e. The summed E-state index contributed by atoms with van der Waals surface area (Å²) in [4.78, 5) is 15.9. The number of aromatic nitrogens is 1. The van der Waals surface area contributed by atoms with Crippen LogP contribution in [0.1, 0.15) is 40.0 Å². The molecular formula is C20H19IN2O.